The van der Waals surface area contributed by atoms with Crippen molar-refractivity contribution in [1.29, 1.82) is 0 Å². The maximum atomic E-state index is 13.1. The molecule has 0 saturated heterocycles. The summed E-state index contributed by atoms with van der Waals surface area (Å²) in [7, 11) is 0. The number of urea groups is 1. The molecule has 5 rings (SSSR count). The lowest BCUT2D eigenvalue weighted by Gasteiger charge is -2.36. The van der Waals surface area contributed by atoms with Crippen molar-refractivity contribution in [2.75, 3.05) is 5.32 Å². The molecule has 5 nitrogen and oxygen atoms in total. The molecular weight excluding hydrogens is 352 g/mol. The molecule has 2 N–H and O–H groups in total. The van der Waals surface area contributed by atoms with Crippen molar-refractivity contribution < 1.29 is 9.21 Å². The van der Waals surface area contributed by atoms with Gasteiger partial charge < -0.3 is 15.1 Å². The summed E-state index contributed by atoms with van der Waals surface area (Å²) in [5, 5.41) is 8.27. The van der Waals surface area contributed by atoms with Gasteiger partial charge in [0.25, 0.3) is 0 Å². The lowest BCUT2D eigenvalue weighted by atomic mass is 9.82. The molecule has 3 aromatic carbocycles. The van der Waals surface area contributed by atoms with Crippen molar-refractivity contribution in [2.45, 2.75) is 19.4 Å². The summed E-state index contributed by atoms with van der Waals surface area (Å²) < 4.78 is 5.80. The number of rotatable bonds is 1. The molecule has 2 amide bonds. The standard InChI is InChI=1S/C23H18N2O3/c1-13-7-10-15(11-8-13)23(2)18-19(24-22(27)25-23)17-12-9-14-5-3-4-6-16(14)20(17)28-21(18)26/h3-12H,1-2H3,(H2,24,25,27). The number of fused-ring (bicyclic) bond motifs is 5. The molecule has 0 bridgehead atoms. The lowest BCUT2D eigenvalue weighted by Crippen LogP contribution is -2.53. The van der Waals surface area contributed by atoms with Crippen molar-refractivity contribution in [3.05, 3.63) is 87.8 Å². The number of hydrogen-bond acceptors (Lipinski definition) is 3. The van der Waals surface area contributed by atoms with Gasteiger partial charge in [0.1, 0.15) is 5.58 Å². The highest BCUT2D eigenvalue weighted by Crippen LogP contribution is 2.40. The third kappa shape index (κ3) is 2.26. The van der Waals surface area contributed by atoms with Gasteiger partial charge in [-0.05, 0) is 30.9 Å². The Balaban J connectivity index is 1.88. The van der Waals surface area contributed by atoms with E-state index in [9.17, 15) is 9.59 Å². The van der Waals surface area contributed by atoms with Crippen molar-refractivity contribution in [3.63, 3.8) is 0 Å². The van der Waals surface area contributed by atoms with Crippen molar-refractivity contribution in [1.82, 2.24) is 5.32 Å². The van der Waals surface area contributed by atoms with Crippen LogP contribution in [0, 0.1) is 6.92 Å². The second-order valence-electron chi connectivity index (χ2n) is 7.37. The van der Waals surface area contributed by atoms with Gasteiger partial charge in [-0.15, -0.1) is 0 Å². The first-order chi connectivity index (χ1) is 13.5. The van der Waals surface area contributed by atoms with E-state index in [4.69, 9.17) is 4.42 Å². The lowest BCUT2D eigenvalue weighted by molar-refractivity contribution is 0.241. The fraction of sp³-hybridized carbons (Fsp3) is 0.130. The van der Waals surface area contributed by atoms with E-state index in [1.165, 1.54) is 0 Å². The minimum atomic E-state index is -0.994. The summed E-state index contributed by atoms with van der Waals surface area (Å²) >= 11 is 0. The molecule has 138 valence electrons. The maximum Gasteiger partial charge on any atom is 0.344 e. The Morgan fingerprint density at radius 3 is 2.43 bits per heavy atom. The summed E-state index contributed by atoms with van der Waals surface area (Å²) in [5.74, 6) is 0. The van der Waals surface area contributed by atoms with Gasteiger partial charge in [-0.25, -0.2) is 9.59 Å². The molecule has 2 heterocycles. The average molecular weight is 370 g/mol. The smallest absolute Gasteiger partial charge is 0.344 e. The molecule has 0 aliphatic carbocycles. The van der Waals surface area contributed by atoms with Crippen LogP contribution in [0.4, 0.5) is 10.5 Å². The van der Waals surface area contributed by atoms with E-state index in [-0.39, 0.29) is 6.03 Å². The normalized spacial score (nSPS) is 18.6. The molecule has 28 heavy (non-hydrogen) atoms. The number of anilines is 1. The summed E-state index contributed by atoms with van der Waals surface area (Å²) in [5.41, 5.74) is 1.85. The van der Waals surface area contributed by atoms with E-state index in [1.807, 2.05) is 74.5 Å². The number of nitrogens with one attached hydrogen (secondary N) is 2. The van der Waals surface area contributed by atoms with E-state index in [2.05, 4.69) is 10.6 Å². The third-order valence-electron chi connectivity index (χ3n) is 5.53. The van der Waals surface area contributed by atoms with Gasteiger partial charge in [-0.2, -0.15) is 0 Å². The summed E-state index contributed by atoms with van der Waals surface area (Å²) in [6.45, 7) is 3.83. The molecule has 1 unspecified atom stereocenters. The highest BCUT2D eigenvalue weighted by Gasteiger charge is 2.41. The van der Waals surface area contributed by atoms with Gasteiger partial charge >= 0.3 is 11.7 Å². The molecule has 1 atom stereocenters. The minimum absolute atomic E-state index is 0.351. The second kappa shape index (κ2) is 5.70. The van der Waals surface area contributed by atoms with Crippen molar-refractivity contribution in [3.8, 4) is 0 Å². The Kier molecular flexibility index (Phi) is 3.37. The van der Waals surface area contributed by atoms with Gasteiger partial charge in [0, 0.05) is 10.8 Å². The zero-order chi connectivity index (χ0) is 19.5. The number of carbonyl (C=O) groups is 1. The number of carbonyl (C=O) groups excluding carboxylic acids is 1. The van der Waals surface area contributed by atoms with E-state index < -0.39 is 11.2 Å². The van der Waals surface area contributed by atoms with Crippen LogP contribution in [0.25, 0.3) is 21.7 Å². The predicted octanol–water partition coefficient (Wildman–Crippen LogP) is 4.65. The zero-order valence-electron chi connectivity index (χ0n) is 15.5. The predicted molar refractivity (Wildman–Crippen MR) is 110 cm³/mol. The summed E-state index contributed by atoms with van der Waals surface area (Å²) in [4.78, 5) is 25.7. The Labute approximate surface area is 161 Å². The van der Waals surface area contributed by atoms with Crippen LogP contribution in [-0.4, -0.2) is 6.03 Å². The van der Waals surface area contributed by atoms with Crippen molar-refractivity contribution >= 4 is 33.5 Å². The van der Waals surface area contributed by atoms with Crippen molar-refractivity contribution in [2.24, 2.45) is 0 Å². The van der Waals surface area contributed by atoms with Gasteiger partial charge in [0.2, 0.25) is 0 Å². The van der Waals surface area contributed by atoms with Gasteiger partial charge in [-0.1, -0.05) is 60.2 Å². The number of hydrogen-bond donors (Lipinski definition) is 2. The fourth-order valence-electron chi connectivity index (χ4n) is 4.05. The van der Waals surface area contributed by atoms with Crippen LogP contribution in [0.3, 0.4) is 0 Å². The number of aryl methyl sites for hydroxylation is 1. The summed E-state index contributed by atoms with van der Waals surface area (Å²) in [6, 6.07) is 19.0. The molecule has 0 saturated carbocycles. The monoisotopic (exact) mass is 370 g/mol. The van der Waals surface area contributed by atoms with Gasteiger partial charge in [0.05, 0.1) is 16.8 Å². The maximum absolute atomic E-state index is 13.1. The molecule has 5 heteroatoms. The Hall–Kier alpha value is -3.60. The number of amides is 2. The van der Waals surface area contributed by atoms with Crippen LogP contribution < -0.4 is 16.3 Å². The van der Waals surface area contributed by atoms with E-state index >= 15 is 0 Å². The third-order valence-corrected chi connectivity index (χ3v) is 5.53. The van der Waals surface area contributed by atoms with Crippen LogP contribution >= 0.6 is 0 Å². The molecule has 1 aliphatic heterocycles. The van der Waals surface area contributed by atoms with E-state index in [0.29, 0.717) is 22.2 Å². The molecule has 1 aromatic heterocycles. The Morgan fingerprint density at radius 1 is 0.893 bits per heavy atom. The first-order valence-electron chi connectivity index (χ1n) is 9.13. The second-order valence-corrected chi connectivity index (χ2v) is 7.37. The average Bonchev–Trinajstić information content (AvgIpc) is 2.67. The molecule has 0 fully saturated rings. The first-order valence-corrected chi connectivity index (χ1v) is 9.13. The highest BCUT2D eigenvalue weighted by atomic mass is 16.4. The largest absolute Gasteiger partial charge is 0.422 e. The van der Waals surface area contributed by atoms with E-state index in [0.717, 1.165) is 21.9 Å². The topological polar surface area (TPSA) is 71.3 Å². The first kappa shape index (κ1) is 16.6. The quantitative estimate of drug-likeness (QED) is 0.378. The van der Waals surface area contributed by atoms with Crippen LogP contribution in [0.5, 0.6) is 0 Å². The highest BCUT2D eigenvalue weighted by molar-refractivity contribution is 6.12. The van der Waals surface area contributed by atoms with Crippen LogP contribution in [0.15, 0.2) is 69.9 Å². The molecule has 1 aliphatic rings. The fourth-order valence-corrected chi connectivity index (χ4v) is 4.05. The zero-order valence-corrected chi connectivity index (χ0v) is 15.5. The molecule has 0 spiro atoms. The SMILES string of the molecule is Cc1ccc(C2(C)NC(=O)Nc3c2c(=O)oc2c3ccc3ccccc32)cc1. The number of benzene rings is 3. The Morgan fingerprint density at radius 2 is 1.64 bits per heavy atom. The van der Waals surface area contributed by atoms with E-state index in [1.54, 1.807) is 0 Å². The molecular formula is C23H18N2O3. The van der Waals surface area contributed by atoms with Gasteiger partial charge in [0.15, 0.2) is 0 Å². The van der Waals surface area contributed by atoms with Crippen LogP contribution in [-0.2, 0) is 5.54 Å². The van der Waals surface area contributed by atoms with Crippen LogP contribution in [0.2, 0.25) is 0 Å². The molecule has 0 radical (unpaired) electrons. The summed E-state index contributed by atoms with van der Waals surface area (Å²) in [6.07, 6.45) is 0. The van der Waals surface area contributed by atoms with Gasteiger partial charge in [-0.3, -0.25) is 0 Å². The van der Waals surface area contributed by atoms with Crippen LogP contribution in [0.1, 0.15) is 23.6 Å². The Bertz CT molecular complexity index is 1320. The minimum Gasteiger partial charge on any atom is -0.422 e. The molecule has 4 aromatic rings.